The van der Waals surface area contributed by atoms with Crippen LogP contribution in [-0.2, 0) is 0 Å². The molecule has 0 aliphatic heterocycles. The third-order valence-corrected chi connectivity index (χ3v) is 3.49. The molecule has 0 bridgehead atoms. The first-order valence-electron chi connectivity index (χ1n) is 6.85. The molecule has 5 heteroatoms. The van der Waals surface area contributed by atoms with Crippen molar-refractivity contribution in [3.05, 3.63) is 65.7 Å². The van der Waals surface area contributed by atoms with Gasteiger partial charge in [-0.1, -0.05) is 48.0 Å². The Bertz CT molecular complexity index is 848. The Kier molecular flexibility index (Phi) is 7.95. The predicted octanol–water partition coefficient (Wildman–Crippen LogP) is 4.28. The van der Waals surface area contributed by atoms with Crippen molar-refractivity contribution in [1.29, 1.82) is 0 Å². The van der Waals surface area contributed by atoms with Crippen molar-refractivity contribution in [3.8, 4) is 5.75 Å². The minimum absolute atomic E-state index is 0. The van der Waals surface area contributed by atoms with Crippen LogP contribution < -0.4 is 0 Å². The molecule has 0 unspecified atom stereocenters. The van der Waals surface area contributed by atoms with E-state index >= 15 is 0 Å². The van der Waals surface area contributed by atoms with Crippen LogP contribution in [-0.4, -0.2) is 64.2 Å². The molecular formula is C18H18N2Na2O. The van der Waals surface area contributed by atoms with Gasteiger partial charge in [0.05, 0.1) is 5.69 Å². The van der Waals surface area contributed by atoms with Crippen LogP contribution >= 0.6 is 0 Å². The van der Waals surface area contributed by atoms with Crippen LogP contribution in [0, 0.1) is 13.8 Å². The maximum atomic E-state index is 10.0. The summed E-state index contributed by atoms with van der Waals surface area (Å²) in [6.07, 6.45) is 0. The molecule has 3 nitrogen and oxygen atoms in total. The van der Waals surface area contributed by atoms with E-state index in [4.69, 9.17) is 0 Å². The Balaban J connectivity index is 0.00000132. The second-order valence-electron chi connectivity index (χ2n) is 5.14. The zero-order valence-corrected chi connectivity index (χ0v) is 12.0. The van der Waals surface area contributed by atoms with Crippen molar-refractivity contribution in [2.24, 2.45) is 10.2 Å². The average molecular weight is 324 g/mol. The summed E-state index contributed by atoms with van der Waals surface area (Å²) in [6, 6.07) is 17.4. The van der Waals surface area contributed by atoms with Gasteiger partial charge in [-0.25, -0.2) is 0 Å². The van der Waals surface area contributed by atoms with E-state index < -0.39 is 0 Å². The molecule has 0 radical (unpaired) electrons. The van der Waals surface area contributed by atoms with Crippen LogP contribution in [0.3, 0.4) is 0 Å². The fourth-order valence-corrected chi connectivity index (χ4v) is 2.37. The number of aromatic hydroxyl groups is 1. The summed E-state index contributed by atoms with van der Waals surface area (Å²) in [7, 11) is 0. The third kappa shape index (κ3) is 4.66. The number of hydrogen-bond donors (Lipinski definition) is 1. The van der Waals surface area contributed by atoms with E-state index in [0.29, 0.717) is 5.69 Å². The van der Waals surface area contributed by atoms with Crippen molar-refractivity contribution in [1.82, 2.24) is 0 Å². The van der Waals surface area contributed by atoms with Crippen molar-refractivity contribution in [2.75, 3.05) is 0 Å². The van der Waals surface area contributed by atoms with Gasteiger partial charge >= 0.3 is 59.1 Å². The zero-order chi connectivity index (χ0) is 14.8. The van der Waals surface area contributed by atoms with E-state index in [2.05, 4.69) is 16.3 Å². The van der Waals surface area contributed by atoms with Crippen molar-refractivity contribution in [3.63, 3.8) is 0 Å². The Morgan fingerprint density at radius 3 is 2.30 bits per heavy atom. The topological polar surface area (TPSA) is 45.0 Å². The number of rotatable bonds is 2. The molecule has 108 valence electrons. The SMILES string of the molecule is Cc1ccc(N=Nc2c(O)ccc3ccccc23)c(C)c1.[NaH].[NaH]. The van der Waals surface area contributed by atoms with Gasteiger partial charge in [-0.3, -0.25) is 0 Å². The van der Waals surface area contributed by atoms with Crippen LogP contribution in [0.2, 0.25) is 0 Å². The number of nitrogens with zero attached hydrogens (tertiary/aromatic N) is 2. The molecule has 0 fully saturated rings. The fraction of sp³-hybridized carbons (Fsp3) is 0.111. The number of aryl methyl sites for hydroxylation is 2. The number of phenolic OH excluding ortho intramolecular Hbond substituents is 1. The van der Waals surface area contributed by atoms with Gasteiger partial charge in [0.2, 0.25) is 0 Å². The van der Waals surface area contributed by atoms with E-state index in [0.717, 1.165) is 22.0 Å². The molecule has 3 aromatic carbocycles. The molecule has 0 spiro atoms. The first kappa shape index (κ1) is 20.4. The quantitative estimate of drug-likeness (QED) is 0.555. The number of phenols is 1. The van der Waals surface area contributed by atoms with Crippen molar-refractivity contribution in [2.45, 2.75) is 13.8 Å². The molecule has 0 amide bonds. The van der Waals surface area contributed by atoms with E-state index in [1.807, 2.05) is 56.3 Å². The van der Waals surface area contributed by atoms with Crippen molar-refractivity contribution < 1.29 is 5.11 Å². The van der Waals surface area contributed by atoms with Gasteiger partial charge in [0, 0.05) is 5.39 Å². The molecule has 0 saturated carbocycles. The summed E-state index contributed by atoms with van der Waals surface area (Å²) in [6.45, 7) is 4.05. The van der Waals surface area contributed by atoms with E-state index in [9.17, 15) is 5.11 Å². The van der Waals surface area contributed by atoms with Crippen LogP contribution in [0.5, 0.6) is 5.75 Å². The summed E-state index contributed by atoms with van der Waals surface area (Å²) >= 11 is 0. The summed E-state index contributed by atoms with van der Waals surface area (Å²) in [5, 5.41) is 20.5. The van der Waals surface area contributed by atoms with Crippen molar-refractivity contribution >= 4 is 81.3 Å². The normalized spacial score (nSPS) is 10.3. The molecule has 1 N–H and O–H groups in total. The Hall–Kier alpha value is -0.680. The summed E-state index contributed by atoms with van der Waals surface area (Å²) in [5.74, 6) is 0.141. The zero-order valence-electron chi connectivity index (χ0n) is 12.0. The minimum atomic E-state index is 0. The van der Waals surface area contributed by atoms with Gasteiger partial charge in [-0.15, -0.1) is 5.11 Å². The molecule has 0 atom stereocenters. The van der Waals surface area contributed by atoms with Crippen LogP contribution in [0.15, 0.2) is 64.8 Å². The monoisotopic (exact) mass is 324 g/mol. The Morgan fingerprint density at radius 1 is 0.826 bits per heavy atom. The molecule has 0 heterocycles. The van der Waals surface area contributed by atoms with E-state index in [1.54, 1.807) is 6.07 Å². The third-order valence-electron chi connectivity index (χ3n) is 3.49. The molecule has 3 aromatic rings. The molecule has 23 heavy (non-hydrogen) atoms. The molecule has 0 saturated heterocycles. The fourth-order valence-electron chi connectivity index (χ4n) is 2.37. The molecular weight excluding hydrogens is 306 g/mol. The van der Waals surface area contributed by atoms with Gasteiger partial charge in [0.1, 0.15) is 11.4 Å². The van der Waals surface area contributed by atoms with Gasteiger partial charge in [-0.2, -0.15) is 5.11 Å². The Labute approximate surface area is 180 Å². The molecule has 0 aliphatic carbocycles. The first-order chi connectivity index (χ1) is 10.1. The summed E-state index contributed by atoms with van der Waals surface area (Å²) in [4.78, 5) is 0. The van der Waals surface area contributed by atoms with Gasteiger partial charge in [0.25, 0.3) is 0 Å². The van der Waals surface area contributed by atoms with Gasteiger partial charge in [0.15, 0.2) is 0 Å². The predicted molar refractivity (Wildman–Crippen MR) is 100 cm³/mol. The maximum absolute atomic E-state index is 10.0. The molecule has 0 aromatic heterocycles. The summed E-state index contributed by atoms with van der Waals surface area (Å²) < 4.78 is 0. The molecule has 3 rings (SSSR count). The standard InChI is InChI=1S/C18H16N2O.2Na.2H/c1-12-7-9-16(13(2)11-12)19-20-18-15-6-4-3-5-14(15)8-10-17(18)21;;;;/h3-11,21H,1-2H3;;;;. The van der Waals surface area contributed by atoms with Crippen LogP contribution in [0.1, 0.15) is 11.1 Å². The number of benzene rings is 3. The van der Waals surface area contributed by atoms with Crippen LogP contribution in [0.4, 0.5) is 11.4 Å². The Morgan fingerprint density at radius 2 is 1.57 bits per heavy atom. The van der Waals surface area contributed by atoms with Gasteiger partial charge in [-0.05, 0) is 36.9 Å². The molecule has 0 aliphatic rings. The number of azo groups is 1. The van der Waals surface area contributed by atoms with E-state index in [1.165, 1.54) is 5.56 Å². The van der Waals surface area contributed by atoms with Crippen LogP contribution in [0.25, 0.3) is 10.8 Å². The first-order valence-corrected chi connectivity index (χ1v) is 6.85. The number of hydrogen-bond acceptors (Lipinski definition) is 3. The average Bonchev–Trinajstić information content (AvgIpc) is 2.48. The second kappa shape index (κ2) is 8.97. The van der Waals surface area contributed by atoms with Gasteiger partial charge < -0.3 is 5.11 Å². The number of fused-ring (bicyclic) bond motifs is 1. The van der Waals surface area contributed by atoms with E-state index in [-0.39, 0.29) is 64.9 Å². The summed E-state index contributed by atoms with van der Waals surface area (Å²) in [5.41, 5.74) is 3.58. The second-order valence-corrected chi connectivity index (χ2v) is 5.14.